The Morgan fingerprint density at radius 3 is 2.39 bits per heavy atom. The number of phenolic OH excluding ortho intramolecular Hbond substituents is 5. The summed E-state index contributed by atoms with van der Waals surface area (Å²) in [5.41, 5.74) is 7.70. The maximum Gasteiger partial charge on any atom is 0.169 e. The molecule has 2 saturated heterocycles. The molecule has 12 nitrogen and oxygen atoms in total. The minimum Gasteiger partial charge on any atom is -0.507 e. The van der Waals surface area contributed by atoms with Crippen LogP contribution in [0.2, 0.25) is 0 Å². The summed E-state index contributed by atoms with van der Waals surface area (Å²) >= 11 is 0. The summed E-state index contributed by atoms with van der Waals surface area (Å²) < 4.78 is 0. The van der Waals surface area contributed by atoms with Crippen molar-refractivity contribution in [2.75, 3.05) is 19.7 Å². The van der Waals surface area contributed by atoms with Crippen molar-refractivity contribution in [1.82, 2.24) is 25.9 Å². The van der Waals surface area contributed by atoms with Gasteiger partial charge in [-0.15, -0.1) is 0 Å². The Kier molecular flexibility index (Phi) is 13.7. The first-order valence-electron chi connectivity index (χ1n) is 30.9. The van der Waals surface area contributed by atoms with Gasteiger partial charge in [0.05, 0.1) is 17.8 Å². The first-order valence-corrected chi connectivity index (χ1v) is 30.9. The highest BCUT2D eigenvalue weighted by atomic mass is 16.3. The third-order valence-electron chi connectivity index (χ3n) is 23.0. The third-order valence-corrected chi connectivity index (χ3v) is 23.0. The van der Waals surface area contributed by atoms with Crippen molar-refractivity contribution in [3.05, 3.63) is 166 Å². The van der Waals surface area contributed by atoms with Crippen LogP contribution in [0.15, 0.2) is 127 Å². The number of H-pyrrole nitrogens is 1. The highest BCUT2D eigenvalue weighted by Crippen LogP contribution is 2.79. The molecule has 1 aromatic heterocycles. The average molecular weight is 1100 g/mol. The number of nitrogens with zero attached hydrogens (tertiary/aromatic N) is 1. The monoisotopic (exact) mass is 1100 g/mol. The molecule has 0 amide bonds. The van der Waals surface area contributed by atoms with Crippen LogP contribution in [-0.4, -0.2) is 89.6 Å². The zero-order chi connectivity index (χ0) is 56.0. The van der Waals surface area contributed by atoms with Crippen LogP contribution in [0.5, 0.6) is 28.7 Å². The van der Waals surface area contributed by atoms with Crippen molar-refractivity contribution < 1.29 is 35.7 Å². The van der Waals surface area contributed by atoms with Crippen LogP contribution < -0.4 is 16.0 Å². The Balaban J connectivity index is 0.869. The highest BCUT2D eigenvalue weighted by molar-refractivity contribution is 6.03. The van der Waals surface area contributed by atoms with E-state index in [1.165, 1.54) is 92.0 Å². The fourth-order valence-corrected chi connectivity index (χ4v) is 19.8. The van der Waals surface area contributed by atoms with Crippen molar-refractivity contribution in [1.29, 1.82) is 0 Å². The molecule has 4 saturated carbocycles. The molecule has 428 valence electrons. The van der Waals surface area contributed by atoms with E-state index in [1.807, 2.05) is 18.5 Å². The fraction of sp³-hybridized carbons (Fsp3) is 0.471. The van der Waals surface area contributed by atoms with E-state index < -0.39 is 11.5 Å². The lowest BCUT2D eigenvalue weighted by Crippen LogP contribution is -2.78. The molecule has 5 aromatic carbocycles. The minimum absolute atomic E-state index is 0.00383. The van der Waals surface area contributed by atoms with E-state index in [0.717, 1.165) is 57.2 Å². The van der Waals surface area contributed by atoms with Crippen LogP contribution in [-0.2, 0) is 18.3 Å². The molecule has 5 aliphatic carbocycles. The molecule has 4 heterocycles. The third kappa shape index (κ3) is 8.42. The number of aromatic amines is 1. The van der Waals surface area contributed by atoms with Gasteiger partial charge in [-0.05, 0) is 187 Å². The normalized spacial score (nSPS) is 34.3. The lowest BCUT2D eigenvalue weighted by molar-refractivity contribution is -0.217. The summed E-state index contributed by atoms with van der Waals surface area (Å²) in [4.78, 5) is 8.84. The molecule has 14 rings (SSSR count). The molecule has 14 unspecified atom stereocenters. The smallest absolute Gasteiger partial charge is 0.169 e. The summed E-state index contributed by atoms with van der Waals surface area (Å²) in [5, 5.41) is 90.8. The number of aromatic nitrogens is 2. The molecule has 0 radical (unpaired) electrons. The molecule has 11 N–H and O–H groups in total. The summed E-state index contributed by atoms with van der Waals surface area (Å²) in [6.45, 7) is 1.87. The van der Waals surface area contributed by atoms with E-state index in [0.29, 0.717) is 52.7 Å². The Bertz CT molecular complexity index is 3440. The zero-order valence-electron chi connectivity index (χ0n) is 47.0. The SMILES string of the molecule is OCCCCNCC1=CC(c2ccccc2)C2CC3(CC1N2)CC(c1ccc(CCc2c(O)c(O)c4c(O)cccc4c2C=Cc2ccc(O)c(O)c2)cc1)NC1C3CC2CCCC23CCC24CCCC2C=CC(O)C4C13c1cnc[nH]1. The fourth-order valence-electron chi connectivity index (χ4n) is 19.8. The van der Waals surface area contributed by atoms with E-state index in [-0.39, 0.29) is 93.0 Å². The number of imidazole rings is 1. The minimum atomic E-state index is -0.569. The molecule has 6 fully saturated rings. The van der Waals surface area contributed by atoms with Crippen LogP contribution in [0.1, 0.15) is 141 Å². The summed E-state index contributed by atoms with van der Waals surface area (Å²) in [6, 6.07) is 30.4. The predicted octanol–water partition coefficient (Wildman–Crippen LogP) is 11.5. The first kappa shape index (κ1) is 53.6. The Hall–Kier alpha value is -6.41. The Labute approximate surface area is 481 Å². The Morgan fingerprint density at radius 2 is 1.57 bits per heavy atom. The molecular formula is C70H81N5O7. The molecular weight excluding hydrogens is 1020 g/mol. The van der Waals surface area contributed by atoms with E-state index in [4.69, 9.17) is 4.98 Å². The van der Waals surface area contributed by atoms with Gasteiger partial charge in [0.15, 0.2) is 23.0 Å². The number of piperidine rings is 2. The van der Waals surface area contributed by atoms with Crippen molar-refractivity contribution in [3.63, 3.8) is 0 Å². The van der Waals surface area contributed by atoms with Crippen LogP contribution in [0.4, 0.5) is 0 Å². The number of benzene rings is 5. The number of hydrogen-bond acceptors (Lipinski definition) is 11. The quantitative estimate of drug-likeness (QED) is 0.0214. The van der Waals surface area contributed by atoms with Gasteiger partial charge in [0, 0.05) is 72.0 Å². The second-order valence-electron chi connectivity index (χ2n) is 26.4. The van der Waals surface area contributed by atoms with Crippen LogP contribution in [0.25, 0.3) is 22.9 Å². The number of nitrogens with one attached hydrogen (secondary N) is 4. The number of aliphatic hydroxyl groups is 2. The summed E-state index contributed by atoms with van der Waals surface area (Å²) in [6.07, 6.45) is 30.8. The second kappa shape index (κ2) is 21.0. The molecule has 6 aromatic rings. The van der Waals surface area contributed by atoms with Crippen molar-refractivity contribution in [3.8, 4) is 28.7 Å². The summed E-state index contributed by atoms with van der Waals surface area (Å²) in [5.74, 6) is 0.312. The number of allylic oxidation sites excluding steroid dienone is 1. The van der Waals surface area contributed by atoms with Gasteiger partial charge in [-0.3, -0.25) is 0 Å². The van der Waals surface area contributed by atoms with Crippen LogP contribution in [0.3, 0.4) is 0 Å². The predicted molar refractivity (Wildman–Crippen MR) is 320 cm³/mol. The van der Waals surface area contributed by atoms with Gasteiger partial charge in [0.25, 0.3) is 0 Å². The summed E-state index contributed by atoms with van der Waals surface area (Å²) in [7, 11) is 0. The van der Waals surface area contributed by atoms with Crippen molar-refractivity contribution in [2.45, 2.75) is 144 Å². The number of aliphatic hydroxyl groups excluding tert-OH is 2. The topological polar surface area (TPSA) is 206 Å². The van der Waals surface area contributed by atoms with Gasteiger partial charge in [0.2, 0.25) is 0 Å². The lowest BCUT2D eigenvalue weighted by Gasteiger charge is -2.75. The maximum atomic E-state index is 13.1. The Morgan fingerprint density at radius 1 is 0.732 bits per heavy atom. The average Bonchev–Trinajstić information content (AvgIpc) is 2.02. The van der Waals surface area contributed by atoms with Gasteiger partial charge in [-0.2, -0.15) is 0 Å². The zero-order valence-corrected chi connectivity index (χ0v) is 47.0. The highest BCUT2D eigenvalue weighted by Gasteiger charge is 2.78. The van der Waals surface area contributed by atoms with Crippen molar-refractivity contribution >= 4 is 22.9 Å². The first-order chi connectivity index (χ1) is 40.0. The van der Waals surface area contributed by atoms with Crippen molar-refractivity contribution in [2.24, 2.45) is 39.9 Å². The van der Waals surface area contributed by atoms with Gasteiger partial charge in [-0.25, -0.2) is 4.98 Å². The van der Waals surface area contributed by atoms with Gasteiger partial charge < -0.3 is 56.7 Å². The number of phenols is 5. The molecule has 12 heteroatoms. The molecule has 8 aliphatic rings. The van der Waals surface area contributed by atoms with E-state index in [2.05, 4.69) is 100.0 Å². The molecule has 3 aliphatic heterocycles. The number of hydrogen-bond donors (Lipinski definition) is 11. The van der Waals surface area contributed by atoms with E-state index in [9.17, 15) is 35.7 Å². The van der Waals surface area contributed by atoms with Gasteiger partial charge >= 0.3 is 0 Å². The van der Waals surface area contributed by atoms with E-state index >= 15 is 0 Å². The number of unbranched alkanes of at least 4 members (excludes halogenated alkanes) is 1. The number of aromatic hydroxyl groups is 5. The molecule has 2 bridgehead atoms. The van der Waals surface area contributed by atoms with Crippen LogP contribution in [0, 0.1) is 39.9 Å². The molecule has 82 heavy (non-hydrogen) atoms. The molecule has 3 spiro atoms. The van der Waals surface area contributed by atoms with Gasteiger partial charge in [-0.1, -0.05) is 116 Å². The number of fused-ring (bicyclic) bond motifs is 7. The second-order valence-corrected chi connectivity index (χ2v) is 26.4. The number of aryl methyl sites for hydroxylation is 1. The molecule has 14 atom stereocenters. The maximum absolute atomic E-state index is 13.1. The standard InChI is InChI=1S/C70H81N5O7/c76-32-5-4-31-71-39-46-34-52(44-9-2-1-3-10-44)56-38-67(37-55(46)74-56)36-54(75-66-53(67)35-48-12-8-28-69(48)30-29-68-27-7-11-47(68)22-26-59(79)65(68)70(66,69)61-40-72-41-73-61)45-20-15-42(16-21-45)17-24-51-49(23-18-43-19-25-57(77)60(80)33-43)50-13-6-14-58(78)62(50)64(82)63(51)81/h1-3,6,9-10,13-16,18-23,25-26,33-34,40-41,47-48,52-56,59,65-66,71,74-82H,4-5,7-8,11-12,17,24,27-32,35-39H2,(H,72,73). The lowest BCUT2D eigenvalue weighted by atomic mass is 9.31. The van der Waals surface area contributed by atoms with Crippen LogP contribution >= 0.6 is 0 Å². The largest absolute Gasteiger partial charge is 0.507 e. The van der Waals surface area contributed by atoms with E-state index in [1.54, 1.807) is 18.2 Å². The van der Waals surface area contributed by atoms with Gasteiger partial charge in [0.1, 0.15) is 5.75 Å². The number of rotatable bonds is 14.